The van der Waals surface area contributed by atoms with E-state index in [1.807, 2.05) is 29.5 Å². The van der Waals surface area contributed by atoms with E-state index in [2.05, 4.69) is 53.4 Å². The highest BCUT2D eigenvalue weighted by Gasteiger charge is 2.29. The lowest BCUT2D eigenvalue weighted by Crippen LogP contribution is -2.34. The molecule has 1 aliphatic rings. The topological polar surface area (TPSA) is 67.8 Å². The van der Waals surface area contributed by atoms with Gasteiger partial charge in [-0.05, 0) is 62.1 Å². The predicted octanol–water partition coefficient (Wildman–Crippen LogP) is 5.84. The van der Waals surface area contributed by atoms with Crippen molar-refractivity contribution in [1.29, 1.82) is 0 Å². The summed E-state index contributed by atoms with van der Waals surface area (Å²) in [5.74, 6) is 1.78. The molecule has 1 atom stereocenters. The van der Waals surface area contributed by atoms with Crippen LogP contribution in [-0.4, -0.2) is 43.3 Å². The van der Waals surface area contributed by atoms with Crippen LogP contribution >= 0.6 is 11.3 Å². The zero-order valence-electron chi connectivity index (χ0n) is 21.3. The van der Waals surface area contributed by atoms with Crippen molar-refractivity contribution in [1.82, 2.24) is 14.8 Å². The summed E-state index contributed by atoms with van der Waals surface area (Å²) in [5.41, 5.74) is 3.22. The number of benzene rings is 1. The maximum Gasteiger partial charge on any atom is 0.319 e. The lowest BCUT2D eigenvalue weighted by atomic mass is 9.92. The van der Waals surface area contributed by atoms with Crippen LogP contribution in [0.2, 0.25) is 0 Å². The van der Waals surface area contributed by atoms with E-state index in [1.54, 1.807) is 26.4 Å². The Hall–Kier alpha value is -2.97. The lowest BCUT2D eigenvalue weighted by molar-refractivity contribution is 0.247. The molecule has 188 valence electrons. The molecule has 2 N–H and O–H groups in total. The zero-order chi connectivity index (χ0) is 24.9. The number of ether oxygens (including phenoxy) is 2. The van der Waals surface area contributed by atoms with Gasteiger partial charge in [0.25, 0.3) is 0 Å². The quantitative estimate of drug-likeness (QED) is 0.390. The van der Waals surface area contributed by atoms with Gasteiger partial charge in [-0.25, -0.2) is 4.79 Å². The van der Waals surface area contributed by atoms with Gasteiger partial charge in [-0.15, -0.1) is 11.3 Å². The van der Waals surface area contributed by atoms with E-state index in [4.69, 9.17) is 9.47 Å². The van der Waals surface area contributed by atoms with Crippen molar-refractivity contribution in [3.63, 3.8) is 0 Å². The number of nitrogens with zero attached hydrogens (tertiary/aromatic N) is 2. The fourth-order valence-electron chi connectivity index (χ4n) is 4.58. The molecule has 8 heteroatoms. The van der Waals surface area contributed by atoms with Gasteiger partial charge < -0.3 is 29.6 Å². The fourth-order valence-corrected chi connectivity index (χ4v) is 6.04. The Balaban J connectivity index is 1.67. The second kappa shape index (κ2) is 11.2. The fraction of sp³-hybridized carbons (Fsp3) is 0.444. The molecular weight excluding hydrogens is 460 g/mol. The number of fused-ring (bicyclic) bond motifs is 1. The monoisotopic (exact) mass is 496 g/mol. The van der Waals surface area contributed by atoms with Crippen molar-refractivity contribution in [3.8, 4) is 16.5 Å². The number of urea groups is 1. The molecule has 7 nitrogen and oxygen atoms in total. The van der Waals surface area contributed by atoms with Gasteiger partial charge in [0.05, 0.1) is 25.9 Å². The molecule has 0 saturated heterocycles. The molecule has 2 aromatic heterocycles. The minimum Gasteiger partial charge on any atom is -0.497 e. The van der Waals surface area contributed by atoms with Crippen LogP contribution in [0.25, 0.3) is 5.00 Å². The third-order valence-electron chi connectivity index (χ3n) is 6.45. The van der Waals surface area contributed by atoms with E-state index in [9.17, 15) is 4.79 Å². The molecule has 0 spiro atoms. The lowest BCUT2D eigenvalue weighted by Gasteiger charge is -2.26. The molecule has 0 fully saturated rings. The SMILES string of the molecule is COc1ccc(OC)c(NC(=O)NC(CCC(C)C)c2c(-n3cccc3)sc3c2CCN(C)C3)c1. The Labute approximate surface area is 212 Å². The molecule has 0 radical (unpaired) electrons. The summed E-state index contributed by atoms with van der Waals surface area (Å²) in [6, 6.07) is 9.12. The third kappa shape index (κ3) is 5.82. The van der Waals surface area contributed by atoms with Crippen molar-refractivity contribution in [2.24, 2.45) is 5.92 Å². The summed E-state index contributed by atoms with van der Waals surface area (Å²) in [4.78, 5) is 17.1. The zero-order valence-corrected chi connectivity index (χ0v) is 22.1. The van der Waals surface area contributed by atoms with Gasteiger partial charge in [-0.1, -0.05) is 13.8 Å². The van der Waals surface area contributed by atoms with Crippen LogP contribution in [-0.2, 0) is 13.0 Å². The number of nitrogens with one attached hydrogen (secondary N) is 2. The molecule has 0 bridgehead atoms. The van der Waals surface area contributed by atoms with Crippen LogP contribution in [0.3, 0.4) is 0 Å². The summed E-state index contributed by atoms with van der Waals surface area (Å²) in [6.45, 7) is 6.41. The minimum atomic E-state index is -0.253. The number of hydrogen-bond acceptors (Lipinski definition) is 5. The molecule has 1 aromatic carbocycles. The molecular formula is C27H36N4O3S. The van der Waals surface area contributed by atoms with Gasteiger partial charge in [-0.2, -0.15) is 0 Å². The first-order valence-corrected chi connectivity index (χ1v) is 13.0. The predicted molar refractivity (Wildman–Crippen MR) is 142 cm³/mol. The Morgan fingerprint density at radius 3 is 2.60 bits per heavy atom. The second-order valence-corrected chi connectivity index (χ2v) is 10.6. The number of aromatic nitrogens is 1. The first kappa shape index (κ1) is 25.1. The summed E-state index contributed by atoms with van der Waals surface area (Å²) in [6.07, 6.45) is 7.05. The number of hydrogen-bond donors (Lipinski definition) is 2. The number of carbonyl (C=O) groups excluding carboxylic acids is 1. The van der Waals surface area contributed by atoms with Crippen molar-refractivity contribution < 1.29 is 14.3 Å². The van der Waals surface area contributed by atoms with Crippen LogP contribution in [0.1, 0.15) is 48.7 Å². The maximum absolute atomic E-state index is 13.3. The average molecular weight is 497 g/mol. The summed E-state index contributed by atoms with van der Waals surface area (Å²) in [5, 5.41) is 7.50. The standard InChI is InChI=1S/C27H36N4O3S/c1-18(2)8-10-21(28-27(32)29-22-16-19(33-4)9-11-23(22)34-5)25-20-12-15-30(3)17-24(20)35-26(25)31-13-6-7-14-31/h6-7,9,11,13-14,16,18,21H,8,10,12,15,17H2,1-5H3,(H2,28,29,32). The van der Waals surface area contributed by atoms with Crippen LogP contribution < -0.4 is 20.1 Å². The number of methoxy groups -OCH3 is 2. The molecule has 1 unspecified atom stereocenters. The first-order chi connectivity index (χ1) is 16.9. The van der Waals surface area contributed by atoms with Crippen molar-refractivity contribution in [2.45, 2.75) is 45.7 Å². The first-order valence-electron chi connectivity index (χ1n) is 12.2. The Bertz CT molecular complexity index is 1140. The van der Waals surface area contributed by atoms with Crippen LogP contribution in [0.4, 0.5) is 10.5 Å². The third-order valence-corrected chi connectivity index (χ3v) is 7.70. The van der Waals surface area contributed by atoms with Gasteiger partial charge in [0.2, 0.25) is 0 Å². The van der Waals surface area contributed by atoms with E-state index in [0.717, 1.165) is 32.4 Å². The number of amides is 2. The molecule has 2 amide bonds. The Morgan fingerprint density at radius 2 is 1.91 bits per heavy atom. The highest BCUT2D eigenvalue weighted by atomic mass is 32.1. The maximum atomic E-state index is 13.3. The number of anilines is 1. The average Bonchev–Trinajstić information content (AvgIpc) is 3.49. The number of thiophene rings is 1. The van der Waals surface area contributed by atoms with E-state index in [1.165, 1.54) is 21.0 Å². The molecule has 0 saturated carbocycles. The van der Waals surface area contributed by atoms with Gasteiger partial charge in [0.15, 0.2) is 0 Å². The minimum absolute atomic E-state index is 0.102. The summed E-state index contributed by atoms with van der Waals surface area (Å²) >= 11 is 1.84. The Morgan fingerprint density at radius 1 is 1.14 bits per heavy atom. The molecule has 35 heavy (non-hydrogen) atoms. The molecule has 3 heterocycles. The molecule has 0 aliphatic carbocycles. The highest BCUT2D eigenvalue weighted by Crippen LogP contribution is 2.41. The smallest absolute Gasteiger partial charge is 0.319 e. The molecule has 1 aliphatic heterocycles. The van der Waals surface area contributed by atoms with Crippen molar-refractivity contribution in [2.75, 3.05) is 33.1 Å². The van der Waals surface area contributed by atoms with Crippen molar-refractivity contribution in [3.05, 3.63) is 58.7 Å². The highest BCUT2D eigenvalue weighted by molar-refractivity contribution is 7.15. The van der Waals surface area contributed by atoms with E-state index in [-0.39, 0.29) is 12.1 Å². The number of carbonyl (C=O) groups is 1. The number of rotatable bonds is 9. The molecule has 3 aromatic rings. The summed E-state index contributed by atoms with van der Waals surface area (Å²) in [7, 11) is 5.36. The second-order valence-electron chi connectivity index (χ2n) is 9.49. The number of likely N-dealkylation sites (N-methyl/N-ethyl adjacent to an activating group) is 1. The van der Waals surface area contributed by atoms with Gasteiger partial charge in [0.1, 0.15) is 16.5 Å². The van der Waals surface area contributed by atoms with Crippen LogP contribution in [0, 0.1) is 5.92 Å². The van der Waals surface area contributed by atoms with Crippen molar-refractivity contribution >= 4 is 23.1 Å². The van der Waals surface area contributed by atoms with Gasteiger partial charge in [-0.3, -0.25) is 0 Å². The van der Waals surface area contributed by atoms with E-state index < -0.39 is 0 Å². The van der Waals surface area contributed by atoms with E-state index in [0.29, 0.717) is 23.1 Å². The van der Waals surface area contributed by atoms with Gasteiger partial charge in [0, 0.05) is 42.0 Å². The largest absolute Gasteiger partial charge is 0.497 e. The van der Waals surface area contributed by atoms with Gasteiger partial charge >= 0.3 is 6.03 Å². The van der Waals surface area contributed by atoms with Crippen LogP contribution in [0.15, 0.2) is 42.7 Å². The molecule has 4 rings (SSSR count). The summed E-state index contributed by atoms with van der Waals surface area (Å²) < 4.78 is 13.0. The van der Waals surface area contributed by atoms with E-state index >= 15 is 0 Å². The Kier molecular flexibility index (Phi) is 8.03. The van der Waals surface area contributed by atoms with Crippen LogP contribution in [0.5, 0.6) is 11.5 Å². The normalized spacial score (nSPS) is 14.5.